The summed E-state index contributed by atoms with van der Waals surface area (Å²) in [5.41, 5.74) is 0. The van der Waals surface area contributed by atoms with Crippen molar-refractivity contribution >= 4 is 7.11 Å². The Labute approximate surface area is 85.7 Å². The zero-order chi connectivity index (χ0) is 11.1. The summed E-state index contributed by atoms with van der Waals surface area (Å²) in [6.45, 7) is 0. The molecule has 0 unspecified atom stereocenters. The first kappa shape index (κ1) is 9.95. The van der Waals surface area contributed by atoms with Gasteiger partial charge in [0.1, 0.15) is 25.6 Å². The minimum absolute atomic E-state index is 0.0769. The van der Waals surface area contributed by atoms with Crippen LogP contribution >= 0.6 is 0 Å². The molecule has 0 atom stereocenters. The fourth-order valence-electron chi connectivity index (χ4n) is 1.35. The number of halogens is 2. The standard InChI is InChI=1S/C9H10BF2NO2/c1-13(2)7-3-5-8-9(6-4-7)15-10(11,12)14-8/h3-6H,1-2H3. The number of rotatable bonds is 0. The maximum Gasteiger partial charge on any atom is 0.726 e. The molecule has 0 aliphatic carbocycles. The topological polar surface area (TPSA) is 21.5 Å². The second kappa shape index (κ2) is 3.22. The van der Waals surface area contributed by atoms with Gasteiger partial charge in [-0.25, -0.2) is 4.58 Å². The molecular weight excluding hydrogens is 203 g/mol. The highest BCUT2D eigenvalue weighted by molar-refractivity contribution is 6.54. The van der Waals surface area contributed by atoms with E-state index in [0.717, 1.165) is 5.36 Å². The Balaban J connectivity index is 2.53. The number of nitrogens with zero attached hydrogens (tertiary/aromatic N) is 1. The first-order valence-corrected chi connectivity index (χ1v) is 4.51. The summed E-state index contributed by atoms with van der Waals surface area (Å²) in [4.78, 5) is 0. The van der Waals surface area contributed by atoms with Crippen LogP contribution in [-0.4, -0.2) is 21.2 Å². The maximum absolute atomic E-state index is 12.7. The van der Waals surface area contributed by atoms with Gasteiger partial charge in [-0.15, -0.1) is 0 Å². The molecule has 0 fully saturated rings. The highest BCUT2D eigenvalue weighted by Gasteiger charge is 2.39. The molecular formula is C9H10BF2NO2. The maximum atomic E-state index is 12.7. The molecule has 0 aromatic heterocycles. The summed E-state index contributed by atoms with van der Waals surface area (Å²) in [7, 11) is -0.450. The monoisotopic (exact) mass is 213 g/mol. The molecule has 1 aromatic carbocycles. The van der Waals surface area contributed by atoms with Gasteiger partial charge in [0.25, 0.3) is 0 Å². The van der Waals surface area contributed by atoms with E-state index in [9.17, 15) is 8.63 Å². The van der Waals surface area contributed by atoms with Crippen molar-refractivity contribution in [3.05, 3.63) is 29.6 Å². The minimum Gasteiger partial charge on any atom is -0.625 e. The zero-order valence-corrected chi connectivity index (χ0v) is 8.41. The van der Waals surface area contributed by atoms with E-state index >= 15 is 0 Å². The van der Waals surface area contributed by atoms with Crippen molar-refractivity contribution in [3.63, 3.8) is 0 Å². The second-order valence-corrected chi connectivity index (χ2v) is 3.49. The summed E-state index contributed by atoms with van der Waals surface area (Å²) >= 11 is 0. The Kier molecular flexibility index (Phi) is 2.14. The Morgan fingerprint density at radius 2 is 1.47 bits per heavy atom. The van der Waals surface area contributed by atoms with Crippen LogP contribution in [0.2, 0.25) is 0 Å². The lowest BCUT2D eigenvalue weighted by molar-refractivity contribution is 0.286. The van der Waals surface area contributed by atoms with Crippen molar-refractivity contribution in [1.29, 1.82) is 0 Å². The van der Waals surface area contributed by atoms with E-state index in [-0.39, 0.29) is 11.5 Å². The minimum atomic E-state index is -4.17. The SMILES string of the molecule is C[N+](C)=c1ccc2c(cc1)O[B-](F)(F)O2. The smallest absolute Gasteiger partial charge is 0.625 e. The third-order valence-electron chi connectivity index (χ3n) is 2.10. The van der Waals surface area contributed by atoms with Gasteiger partial charge in [0.2, 0.25) is 0 Å². The first-order valence-electron chi connectivity index (χ1n) is 4.51. The van der Waals surface area contributed by atoms with Crippen LogP contribution in [0.1, 0.15) is 0 Å². The Bertz CT molecular complexity index is 438. The van der Waals surface area contributed by atoms with Crippen molar-refractivity contribution in [3.8, 4) is 11.5 Å². The van der Waals surface area contributed by atoms with Crippen molar-refractivity contribution in [2.24, 2.45) is 0 Å². The van der Waals surface area contributed by atoms with Crippen LogP contribution in [0.3, 0.4) is 0 Å². The average Bonchev–Trinajstić information content (AvgIpc) is 2.29. The predicted molar refractivity (Wildman–Crippen MR) is 52.8 cm³/mol. The summed E-state index contributed by atoms with van der Waals surface area (Å²) in [6.07, 6.45) is 0. The molecule has 3 nitrogen and oxygen atoms in total. The van der Waals surface area contributed by atoms with Crippen molar-refractivity contribution < 1.29 is 17.9 Å². The van der Waals surface area contributed by atoms with E-state index in [1.54, 1.807) is 12.1 Å². The van der Waals surface area contributed by atoms with Gasteiger partial charge < -0.3 is 17.9 Å². The third kappa shape index (κ3) is 1.93. The van der Waals surface area contributed by atoms with Crippen molar-refractivity contribution in [1.82, 2.24) is 4.58 Å². The Morgan fingerprint density at radius 3 is 1.87 bits per heavy atom. The lowest BCUT2D eigenvalue weighted by atomic mass is 10.2. The molecule has 1 aliphatic heterocycles. The zero-order valence-electron chi connectivity index (χ0n) is 8.41. The van der Waals surface area contributed by atoms with Crippen molar-refractivity contribution in [2.45, 2.75) is 0 Å². The average molecular weight is 213 g/mol. The van der Waals surface area contributed by atoms with E-state index in [1.807, 2.05) is 18.7 Å². The molecule has 1 aromatic rings. The highest BCUT2D eigenvalue weighted by Crippen LogP contribution is 2.36. The predicted octanol–water partition coefficient (Wildman–Crippen LogP) is 0.864. The van der Waals surface area contributed by atoms with Crippen molar-refractivity contribution in [2.75, 3.05) is 14.1 Å². The quantitative estimate of drug-likeness (QED) is 0.471. The molecule has 80 valence electrons. The largest absolute Gasteiger partial charge is 0.726 e. The lowest BCUT2D eigenvalue weighted by Crippen LogP contribution is -2.34. The molecule has 6 heteroatoms. The van der Waals surface area contributed by atoms with Crippen LogP contribution in [-0.2, 0) is 0 Å². The summed E-state index contributed by atoms with van der Waals surface area (Å²) in [5, 5.41) is 0.882. The van der Waals surface area contributed by atoms with Crippen LogP contribution in [0.5, 0.6) is 11.5 Å². The van der Waals surface area contributed by atoms with Crippen LogP contribution in [0.25, 0.3) is 0 Å². The Hall–Kier alpha value is -1.59. The molecule has 0 N–H and O–H groups in total. The molecule has 1 heterocycles. The molecule has 0 saturated carbocycles. The van der Waals surface area contributed by atoms with Crippen LogP contribution < -0.4 is 19.2 Å². The molecule has 0 spiro atoms. The van der Waals surface area contributed by atoms with E-state index in [0.29, 0.717) is 0 Å². The summed E-state index contributed by atoms with van der Waals surface area (Å²) in [6, 6.07) is 6.35. The molecule has 0 bridgehead atoms. The van der Waals surface area contributed by atoms with Gasteiger partial charge in [-0.3, -0.25) is 0 Å². The molecule has 1 aliphatic rings. The number of hydrogen-bond donors (Lipinski definition) is 0. The van der Waals surface area contributed by atoms with Crippen LogP contribution in [0, 0.1) is 0 Å². The number of fused-ring (bicyclic) bond motifs is 1. The van der Waals surface area contributed by atoms with Gasteiger partial charge in [-0.2, -0.15) is 0 Å². The van der Waals surface area contributed by atoms with E-state index in [1.165, 1.54) is 12.1 Å². The van der Waals surface area contributed by atoms with E-state index in [4.69, 9.17) is 0 Å². The van der Waals surface area contributed by atoms with E-state index < -0.39 is 7.11 Å². The number of hydrogen-bond acceptors (Lipinski definition) is 2. The fourth-order valence-corrected chi connectivity index (χ4v) is 1.35. The summed E-state index contributed by atoms with van der Waals surface area (Å²) < 4.78 is 36.1. The van der Waals surface area contributed by atoms with Gasteiger partial charge >= 0.3 is 7.11 Å². The van der Waals surface area contributed by atoms with Crippen LogP contribution in [0.15, 0.2) is 24.3 Å². The van der Waals surface area contributed by atoms with Crippen LogP contribution in [0.4, 0.5) is 8.63 Å². The van der Waals surface area contributed by atoms with Gasteiger partial charge in [0.05, 0.1) is 0 Å². The molecule has 2 rings (SSSR count). The first-order chi connectivity index (χ1) is 6.98. The molecule has 0 radical (unpaired) electrons. The summed E-state index contributed by atoms with van der Waals surface area (Å²) in [5.74, 6) is 0.154. The molecule has 15 heavy (non-hydrogen) atoms. The van der Waals surface area contributed by atoms with Gasteiger partial charge in [-0.05, 0) is 12.1 Å². The van der Waals surface area contributed by atoms with Gasteiger partial charge in [0, 0.05) is 12.1 Å². The molecule has 0 saturated heterocycles. The Morgan fingerprint density at radius 1 is 1.00 bits per heavy atom. The lowest BCUT2D eigenvalue weighted by Gasteiger charge is -2.15. The van der Waals surface area contributed by atoms with Gasteiger partial charge in [-0.1, -0.05) is 0 Å². The van der Waals surface area contributed by atoms with Gasteiger partial charge in [0.15, 0.2) is 5.36 Å². The second-order valence-electron chi connectivity index (χ2n) is 3.49. The molecule has 0 amide bonds. The van der Waals surface area contributed by atoms with E-state index in [2.05, 4.69) is 9.31 Å². The highest BCUT2D eigenvalue weighted by atomic mass is 19.3. The normalized spacial score (nSPS) is 16.3. The third-order valence-corrected chi connectivity index (χ3v) is 2.10. The fraction of sp³-hybridized carbons (Fsp3) is 0.222.